The minimum absolute atomic E-state index is 0.662. The highest BCUT2D eigenvalue weighted by Crippen LogP contribution is 2.31. The van der Waals surface area contributed by atoms with E-state index in [2.05, 4.69) is 11.4 Å². The molecule has 66 valence electrons. The Kier molecular flexibility index (Phi) is 1.82. The maximum atomic E-state index is 8.87. The molecule has 0 saturated heterocycles. The third kappa shape index (κ3) is 1.31. The van der Waals surface area contributed by atoms with Crippen LogP contribution in [0.4, 0.5) is 5.69 Å². The van der Waals surface area contributed by atoms with Gasteiger partial charge in [-0.3, -0.25) is 0 Å². The number of hydrogen-bond donors (Lipinski definition) is 1. The van der Waals surface area contributed by atoms with Crippen LogP contribution in [0.25, 0.3) is 0 Å². The SMILES string of the molecule is Cc1cc(C#N)c2c(c1)OCCN2. The molecule has 1 aromatic rings. The van der Waals surface area contributed by atoms with Crippen LogP contribution in [0.1, 0.15) is 11.1 Å². The van der Waals surface area contributed by atoms with Gasteiger partial charge >= 0.3 is 0 Å². The van der Waals surface area contributed by atoms with Crippen LogP contribution in [0, 0.1) is 18.3 Å². The Hall–Kier alpha value is -1.69. The lowest BCUT2D eigenvalue weighted by Gasteiger charge is -2.20. The molecule has 1 aliphatic heterocycles. The zero-order chi connectivity index (χ0) is 9.26. The number of rotatable bonds is 0. The predicted octanol–water partition coefficient (Wildman–Crippen LogP) is 1.67. The van der Waals surface area contributed by atoms with E-state index < -0.39 is 0 Å². The first-order valence-corrected chi connectivity index (χ1v) is 4.22. The Morgan fingerprint density at radius 2 is 2.38 bits per heavy atom. The van der Waals surface area contributed by atoms with Gasteiger partial charge in [-0.2, -0.15) is 5.26 Å². The summed E-state index contributed by atoms with van der Waals surface area (Å²) in [6.45, 7) is 3.39. The minimum Gasteiger partial charge on any atom is -0.490 e. The van der Waals surface area contributed by atoms with Gasteiger partial charge in [0.15, 0.2) is 0 Å². The van der Waals surface area contributed by atoms with Gasteiger partial charge in [0.1, 0.15) is 18.4 Å². The maximum Gasteiger partial charge on any atom is 0.144 e. The fourth-order valence-corrected chi connectivity index (χ4v) is 1.47. The molecule has 13 heavy (non-hydrogen) atoms. The molecular weight excluding hydrogens is 164 g/mol. The number of benzene rings is 1. The number of nitriles is 1. The van der Waals surface area contributed by atoms with Gasteiger partial charge in [-0.15, -0.1) is 0 Å². The minimum atomic E-state index is 0.662. The highest BCUT2D eigenvalue weighted by molar-refractivity contribution is 5.68. The number of anilines is 1. The van der Waals surface area contributed by atoms with Crippen LogP contribution in [0.15, 0.2) is 12.1 Å². The highest BCUT2D eigenvalue weighted by Gasteiger charge is 2.13. The van der Waals surface area contributed by atoms with E-state index >= 15 is 0 Å². The Balaban J connectivity index is 2.58. The Morgan fingerprint density at radius 3 is 3.15 bits per heavy atom. The second-order valence-corrected chi connectivity index (χ2v) is 3.07. The normalized spacial score (nSPS) is 13.5. The smallest absolute Gasteiger partial charge is 0.144 e. The van der Waals surface area contributed by atoms with Crippen molar-refractivity contribution in [2.75, 3.05) is 18.5 Å². The molecule has 0 spiro atoms. The van der Waals surface area contributed by atoms with Gasteiger partial charge in [-0.1, -0.05) is 0 Å². The second-order valence-electron chi connectivity index (χ2n) is 3.07. The topological polar surface area (TPSA) is 45.0 Å². The summed E-state index contributed by atoms with van der Waals surface area (Å²) in [5.41, 5.74) is 2.55. The van der Waals surface area contributed by atoms with Crippen LogP contribution < -0.4 is 10.1 Å². The van der Waals surface area contributed by atoms with Gasteiger partial charge in [0.25, 0.3) is 0 Å². The number of nitrogens with one attached hydrogen (secondary N) is 1. The van der Waals surface area contributed by atoms with Crippen molar-refractivity contribution in [1.82, 2.24) is 0 Å². The van der Waals surface area contributed by atoms with E-state index in [4.69, 9.17) is 10.00 Å². The molecular formula is C10H10N2O. The molecule has 1 N–H and O–H groups in total. The van der Waals surface area contributed by atoms with Crippen LogP contribution in [-0.2, 0) is 0 Å². The van der Waals surface area contributed by atoms with Crippen molar-refractivity contribution >= 4 is 5.69 Å². The molecule has 1 aliphatic rings. The first-order valence-electron chi connectivity index (χ1n) is 4.22. The summed E-state index contributed by atoms with van der Waals surface area (Å²) < 4.78 is 5.43. The van der Waals surface area contributed by atoms with Crippen LogP contribution >= 0.6 is 0 Å². The van der Waals surface area contributed by atoms with E-state index in [1.165, 1.54) is 0 Å². The van der Waals surface area contributed by atoms with Crippen molar-refractivity contribution < 1.29 is 4.74 Å². The highest BCUT2D eigenvalue weighted by atomic mass is 16.5. The molecule has 3 nitrogen and oxygen atoms in total. The van der Waals surface area contributed by atoms with E-state index in [1.807, 2.05) is 19.1 Å². The monoisotopic (exact) mass is 174 g/mol. The summed E-state index contributed by atoms with van der Waals surface area (Å²) in [5, 5.41) is 12.0. The fraction of sp³-hybridized carbons (Fsp3) is 0.300. The lowest BCUT2D eigenvalue weighted by atomic mass is 10.1. The van der Waals surface area contributed by atoms with Crippen LogP contribution in [0.5, 0.6) is 5.75 Å². The maximum absolute atomic E-state index is 8.87. The van der Waals surface area contributed by atoms with Gasteiger partial charge in [0.05, 0.1) is 11.3 Å². The van der Waals surface area contributed by atoms with Crippen molar-refractivity contribution in [3.63, 3.8) is 0 Å². The zero-order valence-electron chi connectivity index (χ0n) is 7.42. The van der Waals surface area contributed by atoms with E-state index in [-0.39, 0.29) is 0 Å². The molecule has 0 fully saturated rings. The van der Waals surface area contributed by atoms with Crippen molar-refractivity contribution in [3.8, 4) is 11.8 Å². The van der Waals surface area contributed by atoms with Crippen LogP contribution in [0.2, 0.25) is 0 Å². The molecule has 0 saturated carbocycles. The summed E-state index contributed by atoms with van der Waals surface area (Å²) in [6.07, 6.45) is 0. The van der Waals surface area contributed by atoms with Gasteiger partial charge in [-0.05, 0) is 24.6 Å². The van der Waals surface area contributed by atoms with Crippen molar-refractivity contribution in [2.24, 2.45) is 0 Å². The van der Waals surface area contributed by atoms with E-state index in [0.717, 1.165) is 23.5 Å². The quantitative estimate of drug-likeness (QED) is 0.650. The van der Waals surface area contributed by atoms with Crippen LogP contribution in [0.3, 0.4) is 0 Å². The lowest BCUT2D eigenvalue weighted by Crippen LogP contribution is -2.19. The zero-order valence-corrected chi connectivity index (χ0v) is 7.42. The molecule has 1 heterocycles. The predicted molar refractivity (Wildman–Crippen MR) is 49.9 cm³/mol. The van der Waals surface area contributed by atoms with E-state index in [9.17, 15) is 0 Å². The van der Waals surface area contributed by atoms with Crippen molar-refractivity contribution in [2.45, 2.75) is 6.92 Å². The summed E-state index contributed by atoms with van der Waals surface area (Å²) in [6, 6.07) is 5.96. The third-order valence-corrected chi connectivity index (χ3v) is 2.03. The van der Waals surface area contributed by atoms with Crippen LogP contribution in [-0.4, -0.2) is 13.2 Å². The van der Waals surface area contributed by atoms with Gasteiger partial charge in [-0.25, -0.2) is 0 Å². The van der Waals surface area contributed by atoms with Gasteiger partial charge < -0.3 is 10.1 Å². The largest absolute Gasteiger partial charge is 0.490 e. The molecule has 0 amide bonds. The molecule has 0 unspecified atom stereocenters. The van der Waals surface area contributed by atoms with E-state index in [1.54, 1.807) is 0 Å². The number of fused-ring (bicyclic) bond motifs is 1. The van der Waals surface area contributed by atoms with Crippen molar-refractivity contribution in [1.29, 1.82) is 5.26 Å². The average molecular weight is 174 g/mol. The summed E-state index contributed by atoms with van der Waals surface area (Å²) in [5.74, 6) is 0.794. The summed E-state index contributed by atoms with van der Waals surface area (Å²) in [4.78, 5) is 0. The molecule has 1 aromatic carbocycles. The van der Waals surface area contributed by atoms with E-state index in [0.29, 0.717) is 12.2 Å². The Morgan fingerprint density at radius 1 is 1.54 bits per heavy atom. The second kappa shape index (κ2) is 2.98. The first-order chi connectivity index (χ1) is 6.31. The molecule has 0 bridgehead atoms. The third-order valence-electron chi connectivity index (χ3n) is 2.03. The fourth-order valence-electron chi connectivity index (χ4n) is 1.47. The summed E-state index contributed by atoms with van der Waals surface area (Å²) in [7, 11) is 0. The van der Waals surface area contributed by atoms with Crippen molar-refractivity contribution in [3.05, 3.63) is 23.3 Å². The average Bonchev–Trinajstić information content (AvgIpc) is 2.16. The standard InChI is InChI=1S/C10H10N2O/c1-7-4-8(6-11)10-9(5-7)13-3-2-12-10/h4-5,12H,2-3H2,1H3. The molecule has 2 rings (SSSR count). The van der Waals surface area contributed by atoms with Gasteiger partial charge in [0, 0.05) is 6.54 Å². The lowest BCUT2D eigenvalue weighted by molar-refractivity contribution is 0.323. The number of hydrogen-bond acceptors (Lipinski definition) is 3. The molecule has 0 radical (unpaired) electrons. The molecule has 3 heteroatoms. The summed E-state index contributed by atoms with van der Waals surface area (Å²) >= 11 is 0. The Bertz CT molecular complexity index is 379. The number of aryl methyl sites for hydroxylation is 1. The Labute approximate surface area is 76.9 Å². The molecule has 0 aromatic heterocycles. The molecule has 0 aliphatic carbocycles. The molecule has 0 atom stereocenters. The number of nitrogens with zero attached hydrogens (tertiary/aromatic N) is 1. The van der Waals surface area contributed by atoms with Gasteiger partial charge in [0.2, 0.25) is 0 Å². The number of ether oxygens (including phenoxy) is 1. The first kappa shape index (κ1) is 7.93.